The van der Waals surface area contributed by atoms with Gasteiger partial charge in [0.2, 0.25) is 5.78 Å². The summed E-state index contributed by atoms with van der Waals surface area (Å²) in [4.78, 5) is 25.3. The van der Waals surface area contributed by atoms with Gasteiger partial charge in [-0.3, -0.25) is 9.59 Å². The van der Waals surface area contributed by atoms with Gasteiger partial charge in [-0.25, -0.2) is 0 Å². The lowest BCUT2D eigenvalue weighted by Crippen LogP contribution is -2.60. The van der Waals surface area contributed by atoms with E-state index in [-0.39, 0.29) is 5.92 Å². The van der Waals surface area contributed by atoms with E-state index < -0.39 is 28.6 Å². The van der Waals surface area contributed by atoms with E-state index in [1.165, 1.54) is 28.4 Å². The number of rotatable bonds is 9. The summed E-state index contributed by atoms with van der Waals surface area (Å²) in [5.74, 6) is -3.65. The van der Waals surface area contributed by atoms with Crippen molar-refractivity contribution in [2.45, 2.75) is 46.2 Å². The molecule has 1 unspecified atom stereocenters. The number of carbonyl (C=O) groups excluding carboxylic acids is 2. The minimum atomic E-state index is -2.05. The van der Waals surface area contributed by atoms with Crippen LogP contribution in [0.25, 0.3) is 0 Å². The quantitative estimate of drug-likeness (QED) is 0.478. The summed E-state index contributed by atoms with van der Waals surface area (Å²) in [6, 6.07) is 0. The second-order valence-corrected chi connectivity index (χ2v) is 5.94. The fourth-order valence-corrected chi connectivity index (χ4v) is 2.08. The maximum absolute atomic E-state index is 12.8. The van der Waals surface area contributed by atoms with Gasteiger partial charge in [0.1, 0.15) is 5.60 Å². The zero-order chi connectivity index (χ0) is 17.1. The van der Waals surface area contributed by atoms with E-state index in [1.54, 1.807) is 6.92 Å². The topological polar surface area (TPSA) is 71.1 Å². The normalized spacial score (nSPS) is 15.9. The minimum Gasteiger partial charge on any atom is -0.370 e. The highest BCUT2D eigenvalue weighted by molar-refractivity contribution is 6.42. The molecular formula is C15H28O6. The molecule has 0 bridgehead atoms. The maximum atomic E-state index is 12.8. The van der Waals surface area contributed by atoms with E-state index in [4.69, 9.17) is 18.9 Å². The Morgan fingerprint density at radius 2 is 1.14 bits per heavy atom. The van der Waals surface area contributed by atoms with Crippen molar-refractivity contribution in [3.8, 4) is 0 Å². The average Bonchev–Trinajstić information content (AvgIpc) is 2.47. The van der Waals surface area contributed by atoms with Gasteiger partial charge in [0, 0.05) is 33.9 Å². The standard InChI is InChI=1S/C15H28O6/c1-10(2)13(3,4)14(5,18-6)11(16)12(17)15(19-7,20-8)21-9/h10H,1-9H3. The molecule has 0 aliphatic rings. The molecule has 1 atom stereocenters. The van der Waals surface area contributed by atoms with Gasteiger partial charge in [-0.05, 0) is 12.8 Å². The Morgan fingerprint density at radius 1 is 0.762 bits per heavy atom. The smallest absolute Gasteiger partial charge is 0.354 e. The third kappa shape index (κ3) is 3.18. The first kappa shape index (κ1) is 20.2. The Bertz CT molecular complexity index is 375. The summed E-state index contributed by atoms with van der Waals surface area (Å²) in [6.07, 6.45) is 0. The molecule has 0 aliphatic carbocycles. The van der Waals surface area contributed by atoms with Crippen molar-refractivity contribution in [2.24, 2.45) is 11.3 Å². The Kier molecular flexibility index (Phi) is 6.69. The maximum Gasteiger partial charge on any atom is 0.354 e. The highest BCUT2D eigenvalue weighted by Gasteiger charge is 2.56. The van der Waals surface area contributed by atoms with Crippen LogP contribution in [0.4, 0.5) is 0 Å². The first-order valence-corrected chi connectivity index (χ1v) is 6.80. The van der Waals surface area contributed by atoms with Gasteiger partial charge < -0.3 is 18.9 Å². The predicted octanol–water partition coefficient (Wildman–Crippen LogP) is 1.80. The summed E-state index contributed by atoms with van der Waals surface area (Å²) >= 11 is 0. The average molecular weight is 304 g/mol. The molecule has 0 heterocycles. The molecule has 0 rings (SSSR count). The van der Waals surface area contributed by atoms with E-state index in [0.717, 1.165) is 0 Å². The fraction of sp³-hybridized carbons (Fsp3) is 0.867. The van der Waals surface area contributed by atoms with Crippen molar-refractivity contribution in [1.29, 1.82) is 0 Å². The zero-order valence-electron chi connectivity index (χ0n) is 14.5. The Labute approximate surface area is 127 Å². The van der Waals surface area contributed by atoms with Crippen LogP contribution < -0.4 is 0 Å². The molecule has 0 spiro atoms. The molecule has 0 aliphatic heterocycles. The first-order chi connectivity index (χ1) is 9.50. The minimum absolute atomic E-state index is 0.0984. The van der Waals surface area contributed by atoms with E-state index >= 15 is 0 Å². The van der Waals surface area contributed by atoms with Crippen LogP contribution in [-0.4, -0.2) is 51.6 Å². The SMILES string of the molecule is COC(OC)(OC)C(=O)C(=O)C(C)(OC)C(C)(C)C(C)C. The Morgan fingerprint density at radius 3 is 1.38 bits per heavy atom. The summed E-state index contributed by atoms with van der Waals surface area (Å²) in [6.45, 7) is 9.27. The number of hydrogen-bond donors (Lipinski definition) is 0. The highest BCUT2D eigenvalue weighted by atomic mass is 16.9. The summed E-state index contributed by atoms with van der Waals surface area (Å²) in [5.41, 5.74) is -1.92. The molecule has 6 heteroatoms. The number of ketones is 2. The fourth-order valence-electron chi connectivity index (χ4n) is 2.08. The Hall–Kier alpha value is -0.820. The molecule has 0 saturated carbocycles. The van der Waals surface area contributed by atoms with Crippen LogP contribution in [0.5, 0.6) is 0 Å². The molecule has 0 saturated heterocycles. The van der Waals surface area contributed by atoms with E-state index in [2.05, 4.69) is 0 Å². The second-order valence-electron chi connectivity index (χ2n) is 5.94. The summed E-state index contributed by atoms with van der Waals surface area (Å²) in [7, 11) is 5.10. The van der Waals surface area contributed by atoms with Crippen LogP contribution in [0.1, 0.15) is 34.6 Å². The van der Waals surface area contributed by atoms with Gasteiger partial charge in [0.25, 0.3) is 5.78 Å². The third-order valence-corrected chi connectivity index (χ3v) is 4.80. The van der Waals surface area contributed by atoms with Crippen molar-refractivity contribution in [1.82, 2.24) is 0 Å². The molecule has 124 valence electrons. The molecule has 0 aromatic rings. The van der Waals surface area contributed by atoms with Crippen molar-refractivity contribution in [3.63, 3.8) is 0 Å². The van der Waals surface area contributed by atoms with Gasteiger partial charge in [-0.15, -0.1) is 0 Å². The van der Waals surface area contributed by atoms with Crippen LogP contribution in [0, 0.1) is 11.3 Å². The van der Waals surface area contributed by atoms with Crippen LogP contribution in [0.2, 0.25) is 0 Å². The van der Waals surface area contributed by atoms with Gasteiger partial charge in [-0.1, -0.05) is 27.7 Å². The lowest BCUT2D eigenvalue weighted by Gasteiger charge is -2.45. The summed E-state index contributed by atoms with van der Waals surface area (Å²) in [5, 5.41) is 0. The van der Waals surface area contributed by atoms with Crippen LogP contribution in [0.3, 0.4) is 0 Å². The zero-order valence-corrected chi connectivity index (χ0v) is 14.5. The molecule has 0 N–H and O–H groups in total. The monoisotopic (exact) mass is 304 g/mol. The lowest BCUT2D eigenvalue weighted by molar-refractivity contribution is -0.324. The number of ether oxygens (including phenoxy) is 4. The lowest BCUT2D eigenvalue weighted by atomic mass is 9.65. The van der Waals surface area contributed by atoms with Gasteiger partial charge in [0.15, 0.2) is 0 Å². The van der Waals surface area contributed by atoms with E-state index in [1.807, 2.05) is 27.7 Å². The van der Waals surface area contributed by atoms with Crippen molar-refractivity contribution in [3.05, 3.63) is 0 Å². The van der Waals surface area contributed by atoms with Crippen LogP contribution >= 0.6 is 0 Å². The number of Topliss-reactive ketones (excluding diaryl/α,β-unsaturated/α-hetero) is 2. The molecule has 0 amide bonds. The van der Waals surface area contributed by atoms with E-state index in [9.17, 15) is 9.59 Å². The largest absolute Gasteiger partial charge is 0.370 e. The number of methoxy groups -OCH3 is 4. The van der Waals surface area contributed by atoms with Crippen LogP contribution in [-0.2, 0) is 28.5 Å². The molecular weight excluding hydrogens is 276 g/mol. The molecule has 21 heavy (non-hydrogen) atoms. The van der Waals surface area contributed by atoms with Crippen molar-refractivity contribution in [2.75, 3.05) is 28.4 Å². The molecule has 0 radical (unpaired) electrons. The number of carbonyl (C=O) groups is 2. The third-order valence-electron chi connectivity index (χ3n) is 4.80. The molecule has 6 nitrogen and oxygen atoms in total. The Balaban J connectivity index is 5.81. The highest BCUT2D eigenvalue weighted by Crippen LogP contribution is 2.41. The second kappa shape index (κ2) is 6.96. The number of hydrogen-bond acceptors (Lipinski definition) is 6. The van der Waals surface area contributed by atoms with Gasteiger partial charge >= 0.3 is 5.97 Å². The molecule has 0 aromatic carbocycles. The molecule has 0 fully saturated rings. The van der Waals surface area contributed by atoms with E-state index in [0.29, 0.717) is 0 Å². The predicted molar refractivity (Wildman–Crippen MR) is 77.8 cm³/mol. The first-order valence-electron chi connectivity index (χ1n) is 6.80. The van der Waals surface area contributed by atoms with Crippen molar-refractivity contribution >= 4 is 11.6 Å². The van der Waals surface area contributed by atoms with Crippen molar-refractivity contribution < 1.29 is 28.5 Å². The van der Waals surface area contributed by atoms with Crippen LogP contribution in [0.15, 0.2) is 0 Å². The van der Waals surface area contributed by atoms with Gasteiger partial charge in [-0.2, -0.15) is 0 Å². The van der Waals surface area contributed by atoms with Gasteiger partial charge in [0.05, 0.1) is 0 Å². The molecule has 0 aromatic heterocycles. The summed E-state index contributed by atoms with van der Waals surface area (Å²) < 4.78 is 20.3.